The molecule has 5 nitrogen and oxygen atoms in total. The number of aliphatic hydroxyl groups excluding tert-OH is 1. The summed E-state index contributed by atoms with van der Waals surface area (Å²) in [5.74, 6) is 1.03. The molecule has 0 atom stereocenters. The fraction of sp³-hybridized carbons (Fsp3) is 0.158. The van der Waals surface area contributed by atoms with Crippen LogP contribution in [0.4, 0.5) is 5.69 Å². The van der Waals surface area contributed by atoms with E-state index in [1.807, 2.05) is 61.0 Å². The van der Waals surface area contributed by atoms with E-state index in [0.29, 0.717) is 11.4 Å². The summed E-state index contributed by atoms with van der Waals surface area (Å²) >= 11 is 3.46. The van der Waals surface area contributed by atoms with Gasteiger partial charge in [0.25, 0.3) is 0 Å². The highest BCUT2D eigenvalue weighted by molar-refractivity contribution is 9.10. The number of halogens is 1. The lowest BCUT2D eigenvalue weighted by Crippen LogP contribution is -2.26. The number of aromatic nitrogens is 2. The minimum Gasteiger partial charge on any atom is -0.509 e. The first-order chi connectivity index (χ1) is 12.0. The predicted octanol–water partition coefficient (Wildman–Crippen LogP) is 4.41. The zero-order valence-corrected chi connectivity index (χ0v) is 15.5. The van der Waals surface area contributed by atoms with Gasteiger partial charge in [0.05, 0.1) is 23.2 Å². The number of amidine groups is 1. The molecule has 0 unspecified atom stereocenters. The van der Waals surface area contributed by atoms with E-state index in [4.69, 9.17) is 5.41 Å². The number of nitrogens with zero attached hydrogens (tertiary/aromatic N) is 3. The third-order valence-corrected chi connectivity index (χ3v) is 4.98. The molecule has 6 heteroatoms. The molecule has 0 amide bonds. The normalized spacial score (nSPS) is 14.8. The molecule has 3 aromatic rings. The van der Waals surface area contributed by atoms with Gasteiger partial charge in [0.15, 0.2) is 0 Å². The SMILES string of the molecule is Cc1ccc2c(c1)nc(C1=C(O)CN(c3cccc(Br)c3)C1=N)n2C. The number of hydrogen-bond donors (Lipinski definition) is 2. The van der Waals surface area contributed by atoms with Gasteiger partial charge in [-0.1, -0.05) is 28.1 Å². The summed E-state index contributed by atoms with van der Waals surface area (Å²) in [5.41, 5.74) is 4.32. The van der Waals surface area contributed by atoms with Crippen molar-refractivity contribution in [3.05, 3.63) is 64.1 Å². The van der Waals surface area contributed by atoms with Gasteiger partial charge in [0.2, 0.25) is 0 Å². The molecule has 0 saturated heterocycles. The number of benzene rings is 2. The van der Waals surface area contributed by atoms with Crippen LogP contribution in [0.3, 0.4) is 0 Å². The molecule has 0 bridgehead atoms. The first kappa shape index (κ1) is 15.9. The lowest BCUT2D eigenvalue weighted by molar-refractivity contribution is 0.411. The van der Waals surface area contributed by atoms with Crippen molar-refractivity contribution >= 4 is 44.1 Å². The summed E-state index contributed by atoms with van der Waals surface area (Å²) in [5, 5.41) is 19.1. The van der Waals surface area contributed by atoms with Gasteiger partial charge < -0.3 is 14.6 Å². The molecular formula is C19H17BrN4O. The molecule has 0 spiro atoms. The highest BCUT2D eigenvalue weighted by atomic mass is 79.9. The van der Waals surface area contributed by atoms with Crippen LogP contribution in [0.2, 0.25) is 0 Å². The Labute approximate surface area is 153 Å². The molecule has 1 aliphatic rings. The molecule has 1 aromatic heterocycles. The van der Waals surface area contributed by atoms with E-state index in [9.17, 15) is 5.11 Å². The zero-order chi connectivity index (χ0) is 17.7. The standard InChI is InChI=1S/C19H17BrN4O/c1-11-6-7-15-14(8-11)22-19(23(15)2)17-16(25)10-24(18(17)21)13-5-3-4-12(20)9-13/h3-9,21,25H,10H2,1-2H3. The van der Waals surface area contributed by atoms with Gasteiger partial charge in [-0.25, -0.2) is 4.98 Å². The summed E-state index contributed by atoms with van der Waals surface area (Å²) in [6, 6.07) is 13.8. The van der Waals surface area contributed by atoms with Crippen LogP contribution in [0.5, 0.6) is 0 Å². The monoisotopic (exact) mass is 396 g/mol. The number of anilines is 1. The van der Waals surface area contributed by atoms with Gasteiger partial charge in [0, 0.05) is 17.2 Å². The fourth-order valence-electron chi connectivity index (χ4n) is 3.21. The van der Waals surface area contributed by atoms with E-state index in [1.165, 1.54) is 0 Å². The van der Waals surface area contributed by atoms with Crippen molar-refractivity contribution < 1.29 is 5.11 Å². The number of aryl methyl sites for hydroxylation is 2. The van der Waals surface area contributed by atoms with Crippen LogP contribution in [0, 0.1) is 12.3 Å². The summed E-state index contributed by atoms with van der Waals surface area (Å²) in [6.45, 7) is 2.30. The summed E-state index contributed by atoms with van der Waals surface area (Å²) in [6.07, 6.45) is 0. The van der Waals surface area contributed by atoms with E-state index < -0.39 is 0 Å². The fourth-order valence-corrected chi connectivity index (χ4v) is 3.60. The Balaban J connectivity index is 1.79. The van der Waals surface area contributed by atoms with Gasteiger partial charge in [-0.3, -0.25) is 5.41 Å². The second-order valence-electron chi connectivity index (χ2n) is 6.22. The molecule has 0 radical (unpaired) electrons. The van der Waals surface area contributed by atoms with Crippen molar-refractivity contribution in [2.75, 3.05) is 11.4 Å². The Morgan fingerprint density at radius 1 is 1.20 bits per heavy atom. The van der Waals surface area contributed by atoms with E-state index >= 15 is 0 Å². The minimum absolute atomic E-state index is 0.167. The summed E-state index contributed by atoms with van der Waals surface area (Å²) in [7, 11) is 1.91. The number of fused-ring (bicyclic) bond motifs is 1. The lowest BCUT2D eigenvalue weighted by Gasteiger charge is -2.19. The number of aliphatic hydroxyl groups is 1. The van der Waals surface area contributed by atoms with Crippen LogP contribution in [0.25, 0.3) is 16.6 Å². The van der Waals surface area contributed by atoms with Gasteiger partial charge in [-0.15, -0.1) is 0 Å². The molecule has 2 aromatic carbocycles. The molecule has 126 valence electrons. The van der Waals surface area contributed by atoms with E-state index in [0.717, 1.165) is 26.8 Å². The molecule has 25 heavy (non-hydrogen) atoms. The molecule has 4 rings (SSSR count). The molecule has 0 saturated carbocycles. The topological polar surface area (TPSA) is 65.1 Å². The van der Waals surface area contributed by atoms with Crippen molar-refractivity contribution in [2.24, 2.45) is 7.05 Å². The van der Waals surface area contributed by atoms with Crippen LogP contribution in [-0.4, -0.2) is 27.0 Å². The summed E-state index contributed by atoms with van der Waals surface area (Å²) in [4.78, 5) is 6.45. The van der Waals surface area contributed by atoms with Crippen molar-refractivity contribution in [3.63, 3.8) is 0 Å². The average molecular weight is 397 g/mol. The first-order valence-corrected chi connectivity index (χ1v) is 8.72. The van der Waals surface area contributed by atoms with Crippen molar-refractivity contribution in [1.82, 2.24) is 9.55 Å². The minimum atomic E-state index is 0.167. The molecule has 0 fully saturated rings. The molecular weight excluding hydrogens is 380 g/mol. The smallest absolute Gasteiger partial charge is 0.148 e. The highest BCUT2D eigenvalue weighted by Gasteiger charge is 2.32. The molecule has 0 aliphatic carbocycles. The number of rotatable bonds is 2. The van der Waals surface area contributed by atoms with Crippen LogP contribution in [0.15, 0.2) is 52.7 Å². The lowest BCUT2D eigenvalue weighted by atomic mass is 10.2. The maximum absolute atomic E-state index is 10.6. The molecule has 2 N–H and O–H groups in total. The maximum Gasteiger partial charge on any atom is 0.148 e. The average Bonchev–Trinajstić information content (AvgIpc) is 3.04. The quantitative estimate of drug-likeness (QED) is 0.673. The van der Waals surface area contributed by atoms with Crippen molar-refractivity contribution in [2.45, 2.75) is 6.92 Å². The first-order valence-electron chi connectivity index (χ1n) is 7.93. The third-order valence-electron chi connectivity index (χ3n) is 4.48. The molecule has 2 heterocycles. The van der Waals surface area contributed by atoms with Crippen LogP contribution < -0.4 is 4.90 Å². The predicted molar refractivity (Wildman–Crippen MR) is 104 cm³/mol. The zero-order valence-electron chi connectivity index (χ0n) is 13.9. The number of hydrogen-bond acceptors (Lipinski definition) is 3. The van der Waals surface area contributed by atoms with Gasteiger partial charge in [0.1, 0.15) is 17.4 Å². The van der Waals surface area contributed by atoms with Gasteiger partial charge in [-0.05, 0) is 42.8 Å². The Bertz CT molecular complexity index is 1050. The van der Waals surface area contributed by atoms with Crippen LogP contribution >= 0.6 is 15.9 Å². The van der Waals surface area contributed by atoms with Gasteiger partial charge in [-0.2, -0.15) is 0 Å². The van der Waals surface area contributed by atoms with Crippen LogP contribution in [0.1, 0.15) is 11.4 Å². The van der Waals surface area contributed by atoms with Crippen LogP contribution in [-0.2, 0) is 7.05 Å². The second-order valence-corrected chi connectivity index (χ2v) is 7.14. The summed E-state index contributed by atoms with van der Waals surface area (Å²) < 4.78 is 2.86. The third kappa shape index (κ3) is 2.53. The molecule has 1 aliphatic heterocycles. The maximum atomic E-state index is 10.6. The number of nitrogens with one attached hydrogen (secondary N) is 1. The highest BCUT2D eigenvalue weighted by Crippen LogP contribution is 2.33. The van der Waals surface area contributed by atoms with Crippen molar-refractivity contribution in [3.8, 4) is 0 Å². The Hall–Kier alpha value is -2.60. The second kappa shape index (κ2) is 5.74. The van der Waals surface area contributed by atoms with Gasteiger partial charge >= 0.3 is 0 Å². The Morgan fingerprint density at radius 2 is 2.00 bits per heavy atom. The van der Waals surface area contributed by atoms with E-state index in [1.54, 1.807) is 4.90 Å². The van der Waals surface area contributed by atoms with E-state index in [-0.39, 0.29) is 18.1 Å². The Kier molecular flexibility index (Phi) is 3.65. The number of imidazole rings is 1. The largest absolute Gasteiger partial charge is 0.509 e. The van der Waals surface area contributed by atoms with Crippen molar-refractivity contribution in [1.29, 1.82) is 5.41 Å². The Morgan fingerprint density at radius 3 is 2.76 bits per heavy atom. The van der Waals surface area contributed by atoms with E-state index in [2.05, 4.69) is 20.9 Å².